The number of nitrogen functional groups attached to an aromatic ring is 1. The Hall–Kier alpha value is -1.34. The number of piperidine rings is 1. The Kier molecular flexibility index (Phi) is 6.75. The third-order valence-corrected chi connectivity index (χ3v) is 5.79. The highest BCUT2D eigenvalue weighted by atomic mass is 16.3. The summed E-state index contributed by atoms with van der Waals surface area (Å²) in [5, 5.41) is 26.0. The lowest BCUT2D eigenvalue weighted by atomic mass is 9.78. The van der Waals surface area contributed by atoms with Crippen molar-refractivity contribution in [2.24, 2.45) is 0 Å². The molecular weight excluding hydrogens is 328 g/mol. The highest BCUT2D eigenvalue weighted by molar-refractivity contribution is 5.67. The van der Waals surface area contributed by atoms with Crippen molar-refractivity contribution in [2.75, 3.05) is 30.7 Å². The van der Waals surface area contributed by atoms with Crippen LogP contribution in [-0.2, 0) is 6.54 Å². The highest BCUT2D eigenvalue weighted by Crippen LogP contribution is 2.39. The molecule has 1 aromatic rings. The molecule has 1 aromatic carbocycles. The monoisotopic (exact) mass is 362 g/mol. The van der Waals surface area contributed by atoms with Gasteiger partial charge in [0.15, 0.2) is 0 Å². The molecular formula is C20H34N4O2. The molecule has 3 atom stereocenters. The number of hydrogen-bond donors (Lipinski definition) is 5. The molecule has 0 aromatic heterocycles. The molecule has 2 aliphatic heterocycles. The van der Waals surface area contributed by atoms with Gasteiger partial charge in [-0.15, -0.1) is 0 Å². The van der Waals surface area contributed by atoms with Crippen LogP contribution >= 0.6 is 0 Å². The van der Waals surface area contributed by atoms with Crippen molar-refractivity contribution in [1.29, 1.82) is 0 Å². The molecule has 3 unspecified atom stereocenters. The summed E-state index contributed by atoms with van der Waals surface area (Å²) in [7, 11) is 0. The van der Waals surface area contributed by atoms with E-state index in [1.807, 2.05) is 6.92 Å². The minimum Gasteiger partial charge on any atom is -0.397 e. The number of anilines is 2. The predicted molar refractivity (Wildman–Crippen MR) is 106 cm³/mol. The van der Waals surface area contributed by atoms with Crippen molar-refractivity contribution < 1.29 is 10.2 Å². The third kappa shape index (κ3) is 4.88. The van der Waals surface area contributed by atoms with E-state index in [9.17, 15) is 10.2 Å². The first-order valence-electron chi connectivity index (χ1n) is 10.0. The minimum absolute atomic E-state index is 0.106. The van der Waals surface area contributed by atoms with E-state index in [-0.39, 0.29) is 12.2 Å². The maximum atomic E-state index is 9.78. The fraction of sp³-hybridized carbons (Fsp3) is 0.700. The molecule has 2 heterocycles. The van der Waals surface area contributed by atoms with Gasteiger partial charge in [-0.1, -0.05) is 13.0 Å². The standard InChI is InChI=1S/C20H34N4O2/c1-2-17(25)5-6-22-7-8-23-20-4-3-14(9-19(20)21)13-24-15-10-16(24)12-18(26)11-15/h3-4,9,15-18,22-23,25-26H,2,5-8,10-13,21H2,1H3. The molecule has 26 heavy (non-hydrogen) atoms. The zero-order valence-electron chi connectivity index (χ0n) is 15.8. The van der Waals surface area contributed by atoms with Gasteiger partial charge in [-0.2, -0.15) is 0 Å². The van der Waals surface area contributed by atoms with E-state index in [1.54, 1.807) is 0 Å². The van der Waals surface area contributed by atoms with E-state index in [2.05, 4.69) is 33.7 Å². The van der Waals surface area contributed by atoms with Crippen molar-refractivity contribution in [1.82, 2.24) is 10.2 Å². The van der Waals surface area contributed by atoms with E-state index in [0.29, 0.717) is 12.1 Å². The minimum atomic E-state index is -0.201. The summed E-state index contributed by atoms with van der Waals surface area (Å²) < 4.78 is 0. The number of nitrogens with two attached hydrogens (primary N) is 1. The molecule has 0 radical (unpaired) electrons. The van der Waals surface area contributed by atoms with Crippen LogP contribution in [0.2, 0.25) is 0 Å². The number of fused-ring (bicyclic) bond motifs is 2. The molecule has 0 saturated carbocycles. The van der Waals surface area contributed by atoms with Crippen LogP contribution in [-0.4, -0.2) is 59.0 Å². The summed E-state index contributed by atoms with van der Waals surface area (Å²) in [5.41, 5.74) is 9.22. The number of rotatable bonds is 10. The van der Waals surface area contributed by atoms with E-state index >= 15 is 0 Å². The van der Waals surface area contributed by atoms with Gasteiger partial charge in [-0.3, -0.25) is 4.90 Å². The molecule has 2 fully saturated rings. The zero-order valence-corrected chi connectivity index (χ0v) is 15.8. The van der Waals surface area contributed by atoms with Gasteiger partial charge in [-0.05, 0) is 56.3 Å². The van der Waals surface area contributed by atoms with Crippen LogP contribution in [0.4, 0.5) is 11.4 Å². The van der Waals surface area contributed by atoms with Crippen LogP contribution in [0.3, 0.4) is 0 Å². The molecule has 6 nitrogen and oxygen atoms in total. The molecule has 0 amide bonds. The largest absolute Gasteiger partial charge is 0.397 e. The van der Waals surface area contributed by atoms with Crippen LogP contribution < -0.4 is 16.4 Å². The fourth-order valence-electron chi connectivity index (χ4n) is 4.16. The third-order valence-electron chi connectivity index (χ3n) is 5.79. The number of nitrogens with one attached hydrogen (secondary N) is 2. The number of aliphatic hydroxyl groups excluding tert-OH is 2. The van der Waals surface area contributed by atoms with Gasteiger partial charge in [0, 0.05) is 31.7 Å². The molecule has 6 N–H and O–H groups in total. The highest BCUT2D eigenvalue weighted by Gasteiger charge is 2.44. The molecule has 146 valence electrons. The fourth-order valence-corrected chi connectivity index (χ4v) is 4.16. The summed E-state index contributed by atoms with van der Waals surface area (Å²) in [5.74, 6) is 0. The van der Waals surface area contributed by atoms with E-state index in [1.165, 1.54) is 12.0 Å². The van der Waals surface area contributed by atoms with Gasteiger partial charge in [0.1, 0.15) is 0 Å². The van der Waals surface area contributed by atoms with Crippen molar-refractivity contribution in [3.63, 3.8) is 0 Å². The van der Waals surface area contributed by atoms with Crippen molar-refractivity contribution >= 4 is 11.4 Å². The quantitative estimate of drug-likeness (QED) is 0.320. The SMILES string of the molecule is CCC(O)CCNCCNc1ccc(CN2C3CC(O)CC2C3)cc1N. The summed E-state index contributed by atoms with van der Waals surface area (Å²) in [4.78, 5) is 2.50. The number of hydrogen-bond acceptors (Lipinski definition) is 6. The van der Waals surface area contributed by atoms with E-state index in [4.69, 9.17) is 5.73 Å². The average molecular weight is 363 g/mol. The van der Waals surface area contributed by atoms with Gasteiger partial charge in [0.2, 0.25) is 0 Å². The Bertz CT molecular complexity index is 571. The van der Waals surface area contributed by atoms with Gasteiger partial charge in [0.25, 0.3) is 0 Å². The first-order valence-corrected chi connectivity index (χ1v) is 10.0. The van der Waals surface area contributed by atoms with Crippen LogP contribution in [0.1, 0.15) is 44.6 Å². The van der Waals surface area contributed by atoms with Crippen LogP contribution in [0.5, 0.6) is 0 Å². The van der Waals surface area contributed by atoms with E-state index < -0.39 is 0 Å². The number of aliphatic hydroxyl groups is 2. The predicted octanol–water partition coefficient (Wildman–Crippen LogP) is 1.53. The topological polar surface area (TPSA) is 93.8 Å². The molecule has 3 rings (SSSR count). The van der Waals surface area contributed by atoms with Crippen LogP contribution in [0, 0.1) is 0 Å². The van der Waals surface area contributed by atoms with Gasteiger partial charge in [0.05, 0.1) is 23.6 Å². The Morgan fingerprint density at radius 3 is 2.65 bits per heavy atom. The number of nitrogens with zero attached hydrogens (tertiary/aromatic N) is 1. The maximum absolute atomic E-state index is 9.78. The first kappa shape index (κ1) is 19.4. The first-order chi connectivity index (χ1) is 12.6. The normalized spacial score (nSPS) is 26.3. The Balaban J connectivity index is 1.39. The molecule has 2 aliphatic rings. The smallest absolute Gasteiger partial charge is 0.0574 e. The van der Waals surface area contributed by atoms with Crippen molar-refractivity contribution in [2.45, 2.75) is 69.9 Å². The summed E-state index contributed by atoms with van der Waals surface area (Å²) in [6, 6.07) is 7.36. The number of benzene rings is 1. The second-order valence-corrected chi connectivity index (χ2v) is 7.79. The molecule has 0 spiro atoms. The van der Waals surface area contributed by atoms with Gasteiger partial charge in [-0.25, -0.2) is 0 Å². The van der Waals surface area contributed by atoms with Crippen molar-refractivity contribution in [3.8, 4) is 0 Å². The van der Waals surface area contributed by atoms with Crippen molar-refractivity contribution in [3.05, 3.63) is 23.8 Å². The Morgan fingerprint density at radius 1 is 1.19 bits per heavy atom. The summed E-state index contributed by atoms with van der Waals surface area (Å²) in [6.45, 7) is 5.40. The zero-order chi connectivity index (χ0) is 18.5. The lowest BCUT2D eigenvalue weighted by Gasteiger charge is -2.54. The van der Waals surface area contributed by atoms with Crippen LogP contribution in [0.25, 0.3) is 0 Å². The summed E-state index contributed by atoms with van der Waals surface area (Å²) >= 11 is 0. The lowest BCUT2D eigenvalue weighted by molar-refractivity contribution is -0.0863. The maximum Gasteiger partial charge on any atom is 0.0574 e. The van der Waals surface area contributed by atoms with Gasteiger partial charge >= 0.3 is 0 Å². The Morgan fingerprint density at radius 2 is 1.96 bits per heavy atom. The summed E-state index contributed by atoms with van der Waals surface area (Å²) in [6.07, 6.45) is 4.35. The Labute approximate surface area is 156 Å². The second kappa shape index (κ2) is 9.04. The van der Waals surface area contributed by atoms with Gasteiger partial charge < -0.3 is 26.6 Å². The van der Waals surface area contributed by atoms with E-state index in [0.717, 1.165) is 63.2 Å². The molecule has 0 aliphatic carbocycles. The molecule has 2 saturated heterocycles. The second-order valence-electron chi connectivity index (χ2n) is 7.79. The molecule has 6 heteroatoms. The average Bonchev–Trinajstić information content (AvgIpc) is 2.63. The lowest BCUT2D eigenvalue weighted by Crippen LogP contribution is -2.61. The molecule has 2 bridgehead atoms. The van der Waals surface area contributed by atoms with Crippen LogP contribution in [0.15, 0.2) is 18.2 Å².